The van der Waals surface area contributed by atoms with Crippen molar-refractivity contribution < 1.29 is 13.2 Å². The average molecular weight is 325 g/mol. The smallest absolute Gasteiger partial charge is 0.322 e. The molecular formula is C15H8ClF3N2O. The van der Waals surface area contributed by atoms with Crippen molar-refractivity contribution in [2.75, 3.05) is 0 Å². The molecule has 0 radical (unpaired) electrons. The summed E-state index contributed by atoms with van der Waals surface area (Å²) >= 11 is 5.72. The largest absolute Gasteiger partial charge is 0.417 e. The molecule has 0 saturated carbocycles. The lowest BCUT2D eigenvalue weighted by atomic mass is 10.00. The molecule has 0 aliphatic carbocycles. The maximum absolute atomic E-state index is 13.3. The summed E-state index contributed by atoms with van der Waals surface area (Å²) in [6, 6.07) is 7.89. The van der Waals surface area contributed by atoms with Gasteiger partial charge in [-0.15, -0.1) is 0 Å². The van der Waals surface area contributed by atoms with Crippen LogP contribution < -0.4 is 5.56 Å². The first kappa shape index (κ1) is 14.6. The highest BCUT2D eigenvalue weighted by Gasteiger charge is 2.34. The van der Waals surface area contributed by atoms with Crippen molar-refractivity contribution in [3.63, 3.8) is 0 Å². The van der Waals surface area contributed by atoms with E-state index in [0.717, 1.165) is 6.07 Å². The molecule has 112 valence electrons. The Hall–Kier alpha value is -2.34. The van der Waals surface area contributed by atoms with Crippen molar-refractivity contribution in [1.29, 1.82) is 0 Å². The van der Waals surface area contributed by atoms with Gasteiger partial charge in [0.05, 0.1) is 16.3 Å². The Morgan fingerprint density at radius 3 is 2.50 bits per heavy atom. The monoisotopic (exact) mass is 324 g/mol. The summed E-state index contributed by atoms with van der Waals surface area (Å²) in [5.41, 5.74) is -1.11. The van der Waals surface area contributed by atoms with E-state index in [-0.39, 0.29) is 16.8 Å². The van der Waals surface area contributed by atoms with Gasteiger partial charge in [-0.1, -0.05) is 11.6 Å². The minimum Gasteiger partial charge on any atom is -0.322 e. The number of nitrogens with zero attached hydrogens (tertiary/aromatic N) is 1. The number of aromatic amines is 1. The van der Waals surface area contributed by atoms with Crippen LogP contribution in [0.3, 0.4) is 0 Å². The third-order valence-corrected chi connectivity index (χ3v) is 3.39. The summed E-state index contributed by atoms with van der Waals surface area (Å²) in [5, 5.41) is 0.821. The number of hydrogen-bond donors (Lipinski definition) is 1. The number of nitrogens with one attached hydrogen (secondary N) is 1. The van der Waals surface area contributed by atoms with Crippen LogP contribution in [-0.4, -0.2) is 9.97 Å². The molecule has 1 aromatic carbocycles. The normalized spacial score (nSPS) is 11.8. The number of fused-ring (bicyclic) bond motifs is 1. The molecule has 0 atom stereocenters. The fourth-order valence-electron chi connectivity index (χ4n) is 2.18. The lowest BCUT2D eigenvalue weighted by Crippen LogP contribution is -2.09. The Morgan fingerprint density at radius 2 is 1.86 bits per heavy atom. The first-order valence-corrected chi connectivity index (χ1v) is 6.58. The maximum Gasteiger partial charge on any atom is 0.417 e. The van der Waals surface area contributed by atoms with Gasteiger partial charge in [-0.2, -0.15) is 13.2 Å². The van der Waals surface area contributed by atoms with Gasteiger partial charge in [-0.05, 0) is 35.7 Å². The molecule has 2 aromatic heterocycles. The van der Waals surface area contributed by atoms with Crippen molar-refractivity contribution in [2.45, 2.75) is 6.18 Å². The molecule has 22 heavy (non-hydrogen) atoms. The van der Waals surface area contributed by atoms with Crippen LogP contribution in [0.4, 0.5) is 13.2 Å². The van der Waals surface area contributed by atoms with E-state index in [1.165, 1.54) is 36.5 Å². The summed E-state index contributed by atoms with van der Waals surface area (Å²) in [6.07, 6.45) is -3.29. The average Bonchev–Trinajstić information content (AvgIpc) is 2.46. The molecule has 0 aliphatic heterocycles. The van der Waals surface area contributed by atoms with Crippen molar-refractivity contribution in [1.82, 2.24) is 9.97 Å². The SMILES string of the molecule is O=c1ccc2cc(-c3ccc(Cl)cn3)c(C(F)(F)F)cc2[nH]1. The van der Waals surface area contributed by atoms with Crippen LogP contribution in [-0.2, 0) is 6.18 Å². The molecule has 1 N–H and O–H groups in total. The fraction of sp³-hybridized carbons (Fsp3) is 0.0667. The van der Waals surface area contributed by atoms with Crippen LogP contribution in [0.25, 0.3) is 22.2 Å². The molecule has 0 unspecified atom stereocenters. The molecule has 0 aliphatic rings. The van der Waals surface area contributed by atoms with Crippen LogP contribution in [0.1, 0.15) is 5.56 Å². The number of rotatable bonds is 1. The molecule has 7 heteroatoms. The van der Waals surface area contributed by atoms with E-state index in [1.54, 1.807) is 0 Å². The molecule has 3 nitrogen and oxygen atoms in total. The van der Waals surface area contributed by atoms with E-state index in [2.05, 4.69) is 9.97 Å². The van der Waals surface area contributed by atoms with Crippen LogP contribution in [0.5, 0.6) is 0 Å². The molecule has 2 heterocycles. The van der Waals surface area contributed by atoms with Crippen molar-refractivity contribution in [3.05, 3.63) is 63.5 Å². The van der Waals surface area contributed by atoms with E-state index in [0.29, 0.717) is 10.4 Å². The zero-order valence-corrected chi connectivity index (χ0v) is 11.7. The van der Waals surface area contributed by atoms with E-state index in [1.807, 2.05) is 0 Å². The van der Waals surface area contributed by atoms with Crippen LogP contribution >= 0.6 is 11.6 Å². The van der Waals surface area contributed by atoms with Crippen LogP contribution in [0.2, 0.25) is 5.02 Å². The molecule has 3 rings (SSSR count). The summed E-state index contributed by atoms with van der Waals surface area (Å²) in [4.78, 5) is 17.6. The molecule has 3 aromatic rings. The van der Waals surface area contributed by atoms with Crippen molar-refractivity contribution in [2.24, 2.45) is 0 Å². The number of alkyl halides is 3. The standard InChI is InChI=1S/C15H8ClF3N2O/c16-9-2-3-12(20-7-9)10-5-8-1-4-14(22)21-13(8)6-11(10)15(17,18)19/h1-7H,(H,21,22). The third-order valence-electron chi connectivity index (χ3n) is 3.17. The molecule has 0 spiro atoms. The van der Waals surface area contributed by atoms with E-state index >= 15 is 0 Å². The quantitative estimate of drug-likeness (QED) is 0.727. The van der Waals surface area contributed by atoms with Gasteiger partial charge in [0.1, 0.15) is 0 Å². The van der Waals surface area contributed by atoms with E-state index in [9.17, 15) is 18.0 Å². The Morgan fingerprint density at radius 1 is 1.09 bits per heavy atom. The Kier molecular flexibility index (Phi) is 3.41. The molecule has 0 saturated heterocycles. The lowest BCUT2D eigenvalue weighted by molar-refractivity contribution is -0.137. The Balaban J connectivity index is 2.33. The first-order chi connectivity index (χ1) is 10.3. The second kappa shape index (κ2) is 5.14. The van der Waals surface area contributed by atoms with Gasteiger partial charge in [0.25, 0.3) is 0 Å². The van der Waals surface area contributed by atoms with E-state index in [4.69, 9.17) is 11.6 Å². The lowest BCUT2D eigenvalue weighted by Gasteiger charge is -2.14. The Bertz CT molecular complexity index is 901. The van der Waals surface area contributed by atoms with Gasteiger partial charge in [-0.25, -0.2) is 0 Å². The third kappa shape index (κ3) is 2.69. The zero-order chi connectivity index (χ0) is 15.9. The number of halogens is 4. The summed E-state index contributed by atoms with van der Waals surface area (Å²) in [7, 11) is 0. The van der Waals surface area contributed by atoms with Crippen LogP contribution in [0.15, 0.2) is 47.4 Å². The van der Waals surface area contributed by atoms with Gasteiger partial charge in [0.2, 0.25) is 5.56 Å². The number of pyridine rings is 2. The minimum absolute atomic E-state index is 0.0660. The predicted molar refractivity (Wildman–Crippen MR) is 77.8 cm³/mol. The maximum atomic E-state index is 13.3. The van der Waals surface area contributed by atoms with Crippen LogP contribution in [0, 0.1) is 0 Å². The second-order valence-electron chi connectivity index (χ2n) is 4.67. The van der Waals surface area contributed by atoms with Gasteiger partial charge in [-0.3, -0.25) is 9.78 Å². The summed E-state index contributed by atoms with van der Waals surface area (Å²) in [6.45, 7) is 0. The fourth-order valence-corrected chi connectivity index (χ4v) is 2.30. The molecule has 0 amide bonds. The summed E-state index contributed by atoms with van der Waals surface area (Å²) < 4.78 is 39.9. The molecule has 0 fully saturated rings. The number of hydrogen-bond acceptors (Lipinski definition) is 2. The van der Waals surface area contributed by atoms with Crippen molar-refractivity contribution in [3.8, 4) is 11.3 Å². The molecular weight excluding hydrogens is 317 g/mol. The number of aromatic nitrogens is 2. The predicted octanol–water partition coefficient (Wildman–Crippen LogP) is 4.26. The van der Waals surface area contributed by atoms with Gasteiger partial charge in [0, 0.05) is 23.3 Å². The van der Waals surface area contributed by atoms with E-state index < -0.39 is 17.3 Å². The van der Waals surface area contributed by atoms with Crippen molar-refractivity contribution >= 4 is 22.5 Å². The summed E-state index contributed by atoms with van der Waals surface area (Å²) in [5.74, 6) is 0. The minimum atomic E-state index is -4.57. The highest BCUT2D eigenvalue weighted by atomic mass is 35.5. The second-order valence-corrected chi connectivity index (χ2v) is 5.10. The molecule has 0 bridgehead atoms. The Labute approximate surface area is 127 Å². The first-order valence-electron chi connectivity index (χ1n) is 6.21. The zero-order valence-electron chi connectivity index (χ0n) is 10.9. The highest BCUT2D eigenvalue weighted by Crippen LogP contribution is 2.38. The highest BCUT2D eigenvalue weighted by molar-refractivity contribution is 6.30. The number of benzene rings is 1. The topological polar surface area (TPSA) is 45.8 Å². The van der Waals surface area contributed by atoms with Gasteiger partial charge < -0.3 is 4.98 Å². The van der Waals surface area contributed by atoms with Gasteiger partial charge in [0.15, 0.2) is 0 Å². The number of H-pyrrole nitrogens is 1. The van der Waals surface area contributed by atoms with Gasteiger partial charge >= 0.3 is 6.18 Å².